The number of amides is 2. The number of carbonyl (C=O) groups is 4. The molecular weight excluding hydrogens is 806 g/mol. The number of nitrogens with one attached hydrogen (secondary N) is 2. The number of carbonyl (C=O) groups excluding carboxylic acids is 4. The number of aromatic carboxylic acids is 1. The smallest absolute Gasteiger partial charge is 0.550 e. The number of nitrogens with zero attached hydrogens (tertiary/aromatic N) is 1. The molecule has 5 rings (SSSR count). The monoisotopic (exact) mass is 841 g/mol. The van der Waals surface area contributed by atoms with Gasteiger partial charge in [-0.05, 0) is 110 Å². The van der Waals surface area contributed by atoms with E-state index in [1.165, 1.54) is 34.6 Å². The molecule has 0 radical (unpaired) electrons. The van der Waals surface area contributed by atoms with Gasteiger partial charge in [-0.3, -0.25) is 9.59 Å². The summed E-state index contributed by atoms with van der Waals surface area (Å²) in [5.41, 5.74) is 0.0917. The molecule has 2 amide bonds. The van der Waals surface area contributed by atoms with Crippen molar-refractivity contribution < 1.29 is 154 Å². The van der Waals surface area contributed by atoms with E-state index < -0.39 is 63.0 Å². The average Bonchev–Trinajstić information content (AvgIpc) is 3.14. The molecular formula is C39H36F3K2N3O8S. The van der Waals surface area contributed by atoms with Crippen molar-refractivity contribution >= 4 is 45.2 Å². The molecule has 4 aromatic carbocycles. The molecule has 0 unspecified atom stereocenters. The van der Waals surface area contributed by atoms with E-state index in [4.69, 9.17) is 0 Å². The van der Waals surface area contributed by atoms with Gasteiger partial charge in [-0.2, -0.15) is 17.5 Å². The Bertz CT molecular complexity index is 2140. The minimum Gasteiger partial charge on any atom is -0.550 e. The van der Waals surface area contributed by atoms with Crippen LogP contribution in [0, 0.1) is 5.92 Å². The molecule has 0 bridgehead atoms. The zero-order chi connectivity index (χ0) is 39.2. The van der Waals surface area contributed by atoms with Gasteiger partial charge < -0.3 is 30.4 Å². The SMILES string of the molecule is CCN([C@H]1CC[C@H](C(=O)[O-])CC1)S(=O)(=O)c1cccc(C(=O)Nc2ccc(C(F)(F)F)cc2C(=O)Nc2ccc(CCc3ccc(C(=O)[O-])cc3)cc2)c1.[K+].[K+]. The number of aliphatic carboxylic acids is 1. The average molecular weight is 842 g/mol. The second-order valence-electron chi connectivity index (χ2n) is 12.9. The number of benzene rings is 4. The summed E-state index contributed by atoms with van der Waals surface area (Å²) in [7, 11) is -4.14. The quantitative estimate of drug-likeness (QED) is 0.156. The van der Waals surface area contributed by atoms with E-state index in [9.17, 15) is 51.0 Å². The van der Waals surface area contributed by atoms with Crippen molar-refractivity contribution in [2.24, 2.45) is 5.92 Å². The number of anilines is 2. The van der Waals surface area contributed by atoms with Gasteiger partial charge in [0, 0.05) is 29.8 Å². The second-order valence-corrected chi connectivity index (χ2v) is 14.8. The van der Waals surface area contributed by atoms with Crippen LogP contribution >= 0.6 is 0 Å². The number of rotatable bonds is 13. The van der Waals surface area contributed by atoms with Crippen LogP contribution in [0.5, 0.6) is 0 Å². The third-order valence-electron chi connectivity index (χ3n) is 9.40. The number of carboxylic acids is 2. The molecule has 1 saturated carbocycles. The molecule has 0 atom stereocenters. The molecule has 11 nitrogen and oxygen atoms in total. The van der Waals surface area contributed by atoms with E-state index in [0.717, 1.165) is 23.3 Å². The Morgan fingerprint density at radius 2 is 1.34 bits per heavy atom. The molecule has 1 aliphatic carbocycles. The van der Waals surface area contributed by atoms with Crippen molar-refractivity contribution in [3.8, 4) is 0 Å². The van der Waals surface area contributed by atoms with Crippen LogP contribution in [0.25, 0.3) is 0 Å². The number of hydrogen-bond acceptors (Lipinski definition) is 8. The van der Waals surface area contributed by atoms with Gasteiger partial charge in [0.05, 0.1) is 27.7 Å². The zero-order valence-corrected chi connectivity index (χ0v) is 38.1. The Balaban J connectivity index is 0.00000420. The van der Waals surface area contributed by atoms with Gasteiger partial charge >= 0.3 is 109 Å². The number of alkyl halides is 3. The fraction of sp³-hybridized carbons (Fsp3) is 0.282. The fourth-order valence-corrected chi connectivity index (χ4v) is 8.16. The van der Waals surface area contributed by atoms with E-state index in [2.05, 4.69) is 10.6 Å². The van der Waals surface area contributed by atoms with Crippen LogP contribution in [0.3, 0.4) is 0 Å². The van der Waals surface area contributed by atoms with Gasteiger partial charge in [-0.15, -0.1) is 0 Å². The van der Waals surface area contributed by atoms with Crippen molar-refractivity contribution in [1.29, 1.82) is 0 Å². The first kappa shape index (κ1) is 48.1. The number of sulfonamides is 1. The fourth-order valence-electron chi connectivity index (χ4n) is 6.42. The van der Waals surface area contributed by atoms with Crippen molar-refractivity contribution in [2.75, 3.05) is 17.2 Å². The molecule has 0 heterocycles. The minimum atomic E-state index is -4.80. The van der Waals surface area contributed by atoms with E-state index in [0.29, 0.717) is 37.8 Å². The molecule has 2 N–H and O–H groups in total. The summed E-state index contributed by atoms with van der Waals surface area (Å²) < 4.78 is 69.8. The van der Waals surface area contributed by atoms with E-state index in [1.54, 1.807) is 43.3 Å². The van der Waals surface area contributed by atoms with Crippen LogP contribution < -0.4 is 124 Å². The standard InChI is InChI=1S/C39H38F3N3O8S.2K/c1-2-45(31-19-14-27(15-20-31)38(50)51)54(52,53)32-5-3-4-28(22-32)35(46)44-34-21-16-29(39(40,41)42)23-33(34)36(47)43-30-17-10-25(11-18-30)7-6-24-8-12-26(13-9-24)37(48)49;;/h3-5,8-13,16-18,21-23,27,31H,2,6-7,14-15,19-20H2,1H3,(H,43,47)(H,44,46)(H,48,49)(H,50,51);;/q;2*+1/p-2/t27-,31-;;. The molecule has 0 saturated heterocycles. The van der Waals surface area contributed by atoms with Crippen molar-refractivity contribution in [1.82, 2.24) is 4.31 Å². The number of halogens is 3. The molecule has 284 valence electrons. The van der Waals surface area contributed by atoms with Crippen LogP contribution in [0.2, 0.25) is 0 Å². The first-order valence-corrected chi connectivity index (χ1v) is 18.6. The maximum Gasteiger partial charge on any atom is 1.00 e. The van der Waals surface area contributed by atoms with Gasteiger partial charge in [-0.25, -0.2) is 8.42 Å². The first-order valence-electron chi connectivity index (χ1n) is 17.1. The van der Waals surface area contributed by atoms with Crippen LogP contribution in [0.4, 0.5) is 24.5 Å². The molecule has 1 fully saturated rings. The summed E-state index contributed by atoms with van der Waals surface area (Å²) in [5, 5.41) is 27.2. The third kappa shape index (κ3) is 12.4. The van der Waals surface area contributed by atoms with Gasteiger partial charge in [-0.1, -0.05) is 49.4 Å². The predicted molar refractivity (Wildman–Crippen MR) is 189 cm³/mol. The van der Waals surface area contributed by atoms with Gasteiger partial charge in [0.1, 0.15) is 0 Å². The Morgan fingerprint density at radius 3 is 1.88 bits per heavy atom. The summed E-state index contributed by atoms with van der Waals surface area (Å²) in [4.78, 5) is 48.9. The Labute approximate surface area is 407 Å². The van der Waals surface area contributed by atoms with Gasteiger partial charge in [0.25, 0.3) is 11.8 Å². The predicted octanol–water partition coefficient (Wildman–Crippen LogP) is -1.31. The molecule has 56 heavy (non-hydrogen) atoms. The second kappa shape index (κ2) is 21.1. The summed E-state index contributed by atoms with van der Waals surface area (Å²) in [5.74, 6) is -4.92. The van der Waals surface area contributed by atoms with Gasteiger partial charge in [0.2, 0.25) is 10.0 Å². The summed E-state index contributed by atoms with van der Waals surface area (Å²) in [6.07, 6.45) is -2.47. The summed E-state index contributed by atoms with van der Waals surface area (Å²) in [6, 6.07) is 19.8. The molecule has 0 spiro atoms. The Hall–Kier alpha value is -2.27. The van der Waals surface area contributed by atoms with Crippen LogP contribution in [0.15, 0.2) is 95.9 Å². The normalized spacial score (nSPS) is 15.5. The largest absolute Gasteiger partial charge is 1.00 e. The number of aryl methyl sites for hydroxylation is 2. The first-order chi connectivity index (χ1) is 25.6. The maximum atomic E-state index is 13.7. The number of carboxylic acid groups (broad SMARTS) is 2. The minimum absolute atomic E-state index is 0. The zero-order valence-electron chi connectivity index (χ0n) is 31.0. The number of hydrogen-bond donors (Lipinski definition) is 2. The Kier molecular flexibility index (Phi) is 18.1. The molecule has 0 aliphatic heterocycles. The van der Waals surface area contributed by atoms with Crippen molar-refractivity contribution in [3.05, 3.63) is 124 Å². The molecule has 17 heteroatoms. The maximum absolute atomic E-state index is 13.7. The third-order valence-corrected chi connectivity index (χ3v) is 11.4. The van der Waals surface area contributed by atoms with Gasteiger partial charge in [0.15, 0.2) is 0 Å². The summed E-state index contributed by atoms with van der Waals surface area (Å²) in [6.45, 7) is 1.74. The van der Waals surface area contributed by atoms with Crippen LogP contribution in [-0.2, 0) is 33.8 Å². The summed E-state index contributed by atoms with van der Waals surface area (Å²) >= 11 is 0. The Morgan fingerprint density at radius 1 is 0.750 bits per heavy atom. The van der Waals surface area contributed by atoms with Crippen molar-refractivity contribution in [2.45, 2.75) is 62.6 Å². The van der Waals surface area contributed by atoms with E-state index in [1.807, 2.05) is 0 Å². The molecule has 1 aliphatic rings. The molecule has 4 aromatic rings. The molecule has 0 aromatic heterocycles. The van der Waals surface area contributed by atoms with E-state index in [-0.39, 0.29) is 150 Å². The van der Waals surface area contributed by atoms with Crippen LogP contribution in [-0.4, -0.2) is 49.1 Å². The van der Waals surface area contributed by atoms with Crippen molar-refractivity contribution in [3.63, 3.8) is 0 Å². The topological polar surface area (TPSA) is 176 Å². The van der Waals surface area contributed by atoms with E-state index >= 15 is 0 Å². The van der Waals surface area contributed by atoms with Crippen LogP contribution in [0.1, 0.15) is 80.4 Å².